The van der Waals surface area contributed by atoms with Gasteiger partial charge in [-0.15, -0.1) is 11.8 Å². The fourth-order valence-corrected chi connectivity index (χ4v) is 4.49. The molecule has 1 aliphatic rings. The average molecular weight is 322 g/mol. The highest BCUT2D eigenvalue weighted by molar-refractivity contribution is 7.99. The van der Waals surface area contributed by atoms with Crippen molar-refractivity contribution in [2.45, 2.75) is 23.3 Å². The molecule has 0 amide bonds. The topological polar surface area (TPSA) is 12.0 Å². The van der Waals surface area contributed by atoms with Gasteiger partial charge in [-0.1, -0.05) is 35.9 Å². The molecule has 21 heavy (non-hydrogen) atoms. The van der Waals surface area contributed by atoms with Crippen molar-refractivity contribution in [3.8, 4) is 0 Å². The van der Waals surface area contributed by atoms with Gasteiger partial charge in [-0.05, 0) is 37.2 Å². The minimum absolute atomic E-state index is 0.176. The van der Waals surface area contributed by atoms with Gasteiger partial charge in [0.05, 0.1) is 0 Å². The van der Waals surface area contributed by atoms with Gasteiger partial charge in [0, 0.05) is 33.2 Å². The molecule has 4 heteroatoms. The highest BCUT2D eigenvalue weighted by Crippen LogP contribution is 2.42. The molecule has 2 unspecified atom stereocenters. The molecular weight excluding hydrogens is 305 g/mol. The minimum atomic E-state index is -0.221. The van der Waals surface area contributed by atoms with Crippen LogP contribution in [-0.4, -0.2) is 18.8 Å². The summed E-state index contributed by atoms with van der Waals surface area (Å²) in [5.74, 6) is 1.19. The van der Waals surface area contributed by atoms with Gasteiger partial charge in [0.25, 0.3) is 0 Å². The van der Waals surface area contributed by atoms with Crippen molar-refractivity contribution in [1.29, 1.82) is 0 Å². The lowest BCUT2D eigenvalue weighted by molar-refractivity contribution is 0.477. The molecule has 1 N–H and O–H groups in total. The number of nitrogens with one attached hydrogen (secondary N) is 1. The normalized spacial score (nSPS) is 18.5. The zero-order chi connectivity index (χ0) is 14.8. The van der Waals surface area contributed by atoms with Gasteiger partial charge < -0.3 is 5.32 Å². The van der Waals surface area contributed by atoms with Crippen LogP contribution < -0.4 is 5.32 Å². The molecule has 0 saturated heterocycles. The van der Waals surface area contributed by atoms with E-state index in [1.165, 1.54) is 16.5 Å². The molecule has 2 atom stereocenters. The molecule has 0 saturated carbocycles. The molecule has 1 aliphatic heterocycles. The quantitative estimate of drug-likeness (QED) is 0.890. The van der Waals surface area contributed by atoms with Crippen LogP contribution in [0.15, 0.2) is 47.4 Å². The number of rotatable bonds is 4. The Bertz CT molecular complexity index is 626. The lowest BCUT2D eigenvalue weighted by Gasteiger charge is -2.24. The summed E-state index contributed by atoms with van der Waals surface area (Å²) in [4.78, 5) is 1.34. The molecule has 0 aromatic heterocycles. The van der Waals surface area contributed by atoms with E-state index in [0.29, 0.717) is 22.9 Å². The zero-order valence-electron chi connectivity index (χ0n) is 11.8. The van der Waals surface area contributed by atoms with E-state index in [0.717, 1.165) is 5.75 Å². The van der Waals surface area contributed by atoms with Gasteiger partial charge in [0.1, 0.15) is 5.82 Å². The highest BCUT2D eigenvalue weighted by atomic mass is 35.5. The Hall–Kier alpha value is -1.03. The standard InChI is InChI=1S/C17H17ClFNS/c1-20-16(9-12-14(18)6-4-7-15(12)19)13-10-21-17-8-3-2-5-11(13)17/h2-8,13,16,20H,9-10H2,1H3. The number of fused-ring (bicyclic) bond motifs is 1. The van der Waals surface area contributed by atoms with E-state index in [1.54, 1.807) is 12.1 Å². The summed E-state index contributed by atoms with van der Waals surface area (Å²) in [7, 11) is 1.94. The van der Waals surface area contributed by atoms with Crippen LogP contribution in [0, 0.1) is 5.82 Å². The predicted octanol–water partition coefficient (Wildman–Crippen LogP) is 4.50. The van der Waals surface area contributed by atoms with E-state index < -0.39 is 0 Å². The van der Waals surface area contributed by atoms with Gasteiger partial charge in [0.2, 0.25) is 0 Å². The number of hydrogen-bond donors (Lipinski definition) is 1. The minimum Gasteiger partial charge on any atom is -0.316 e. The van der Waals surface area contributed by atoms with E-state index in [-0.39, 0.29) is 11.9 Å². The summed E-state index contributed by atoms with van der Waals surface area (Å²) in [6.07, 6.45) is 0.599. The largest absolute Gasteiger partial charge is 0.316 e. The first-order valence-electron chi connectivity index (χ1n) is 7.02. The van der Waals surface area contributed by atoms with Gasteiger partial charge in [-0.25, -0.2) is 4.39 Å². The fourth-order valence-electron chi connectivity index (χ4n) is 2.91. The molecule has 0 radical (unpaired) electrons. The maximum Gasteiger partial charge on any atom is 0.127 e. The van der Waals surface area contributed by atoms with Crippen LogP contribution in [0.3, 0.4) is 0 Å². The van der Waals surface area contributed by atoms with Crippen molar-refractivity contribution in [2.24, 2.45) is 0 Å². The van der Waals surface area contributed by atoms with E-state index in [4.69, 9.17) is 11.6 Å². The average Bonchev–Trinajstić information content (AvgIpc) is 2.91. The van der Waals surface area contributed by atoms with Gasteiger partial charge in [-0.2, -0.15) is 0 Å². The van der Waals surface area contributed by atoms with Crippen molar-refractivity contribution in [2.75, 3.05) is 12.8 Å². The summed E-state index contributed by atoms with van der Waals surface area (Å²) in [6, 6.07) is 13.5. The smallest absolute Gasteiger partial charge is 0.127 e. The van der Waals surface area contributed by atoms with Crippen molar-refractivity contribution in [3.05, 3.63) is 64.4 Å². The molecule has 2 aromatic carbocycles. The summed E-state index contributed by atoms with van der Waals surface area (Å²) in [5, 5.41) is 3.86. The number of likely N-dealkylation sites (N-methyl/N-ethyl adjacent to an activating group) is 1. The number of thioether (sulfide) groups is 1. The Labute approximate surface area is 133 Å². The Kier molecular flexibility index (Phi) is 4.53. The van der Waals surface area contributed by atoms with Gasteiger partial charge >= 0.3 is 0 Å². The molecule has 0 spiro atoms. The Morgan fingerprint density at radius 1 is 1.29 bits per heavy atom. The van der Waals surface area contributed by atoms with Crippen LogP contribution in [0.5, 0.6) is 0 Å². The first-order chi connectivity index (χ1) is 10.2. The van der Waals surface area contributed by atoms with Crippen molar-refractivity contribution in [3.63, 3.8) is 0 Å². The zero-order valence-corrected chi connectivity index (χ0v) is 13.3. The van der Waals surface area contributed by atoms with E-state index >= 15 is 0 Å². The molecule has 3 rings (SSSR count). The fraction of sp³-hybridized carbons (Fsp3) is 0.294. The number of benzene rings is 2. The molecule has 1 nitrogen and oxygen atoms in total. The summed E-state index contributed by atoms with van der Waals surface area (Å²) in [5.41, 5.74) is 1.96. The Morgan fingerprint density at radius 3 is 2.86 bits per heavy atom. The van der Waals surface area contributed by atoms with Crippen LogP contribution in [-0.2, 0) is 6.42 Å². The Balaban J connectivity index is 1.87. The second-order valence-corrected chi connectivity index (χ2v) is 6.72. The molecule has 0 bridgehead atoms. The van der Waals surface area contributed by atoms with Crippen LogP contribution in [0.25, 0.3) is 0 Å². The Morgan fingerprint density at radius 2 is 2.10 bits per heavy atom. The summed E-state index contributed by atoms with van der Waals surface area (Å²) < 4.78 is 14.0. The SMILES string of the molecule is CNC(Cc1c(F)cccc1Cl)C1CSc2ccccc21. The second kappa shape index (κ2) is 6.39. The lowest BCUT2D eigenvalue weighted by Crippen LogP contribution is -2.34. The first-order valence-corrected chi connectivity index (χ1v) is 8.39. The monoisotopic (exact) mass is 321 g/mol. The van der Waals surface area contributed by atoms with Gasteiger partial charge in [-0.3, -0.25) is 0 Å². The molecule has 2 aromatic rings. The molecule has 1 heterocycles. The van der Waals surface area contributed by atoms with Gasteiger partial charge in [0.15, 0.2) is 0 Å². The lowest BCUT2D eigenvalue weighted by atomic mass is 9.89. The first kappa shape index (κ1) is 14.9. The number of hydrogen-bond acceptors (Lipinski definition) is 2. The summed E-state index contributed by atoms with van der Waals surface area (Å²) in [6.45, 7) is 0. The second-order valence-electron chi connectivity index (χ2n) is 5.25. The van der Waals surface area contributed by atoms with Crippen LogP contribution in [0.1, 0.15) is 17.0 Å². The molecule has 0 aliphatic carbocycles. The maximum atomic E-state index is 14.0. The summed E-state index contributed by atoms with van der Waals surface area (Å²) >= 11 is 8.04. The molecule has 0 fully saturated rings. The highest BCUT2D eigenvalue weighted by Gasteiger charge is 2.30. The third-order valence-corrected chi connectivity index (χ3v) is 5.64. The van der Waals surface area contributed by atoms with Crippen molar-refractivity contribution >= 4 is 23.4 Å². The third-order valence-electron chi connectivity index (χ3n) is 4.08. The molecular formula is C17H17ClFNS. The van der Waals surface area contributed by atoms with Crippen molar-refractivity contribution in [1.82, 2.24) is 5.32 Å². The van der Waals surface area contributed by atoms with Crippen LogP contribution >= 0.6 is 23.4 Å². The van der Waals surface area contributed by atoms with Crippen molar-refractivity contribution < 1.29 is 4.39 Å². The van der Waals surface area contributed by atoms with Crippen LogP contribution in [0.4, 0.5) is 4.39 Å². The molecule has 110 valence electrons. The predicted molar refractivity (Wildman–Crippen MR) is 87.9 cm³/mol. The van der Waals surface area contributed by atoms with E-state index in [1.807, 2.05) is 18.8 Å². The van der Waals surface area contributed by atoms with Crippen LogP contribution in [0.2, 0.25) is 5.02 Å². The van der Waals surface area contributed by atoms with E-state index in [2.05, 4.69) is 29.6 Å². The number of halogens is 2. The third kappa shape index (κ3) is 2.96. The van der Waals surface area contributed by atoms with E-state index in [9.17, 15) is 4.39 Å². The maximum absolute atomic E-state index is 14.0.